The summed E-state index contributed by atoms with van der Waals surface area (Å²) in [6, 6.07) is 0. The molecule has 0 nitrogen and oxygen atoms in total. The molecule has 0 spiro atoms. The van der Waals surface area contributed by atoms with Crippen LogP contribution in [0.3, 0.4) is 0 Å². The first-order valence-corrected chi connectivity index (χ1v) is 6.79. The van der Waals surface area contributed by atoms with Crippen LogP contribution < -0.4 is 0 Å². The van der Waals surface area contributed by atoms with Crippen LogP contribution in [0.5, 0.6) is 0 Å². The van der Waals surface area contributed by atoms with Crippen molar-refractivity contribution in [2.75, 3.05) is 0 Å². The Balaban J connectivity index is 1.87. The van der Waals surface area contributed by atoms with Crippen LogP contribution in [0.1, 0.15) is 39.0 Å². The predicted octanol–water partition coefficient (Wildman–Crippen LogP) is 4.14. The molecule has 76 valence electrons. The zero-order valence-corrected chi connectivity index (χ0v) is 9.65. The summed E-state index contributed by atoms with van der Waals surface area (Å²) in [5.74, 6) is 1.87. The SMILES string of the molecule is CC1CCC2SC3=C(C=CCC3)C2C1. The Hall–Kier alpha value is -0.170. The minimum atomic E-state index is 0.912. The Morgan fingerprint density at radius 2 is 2.29 bits per heavy atom. The molecule has 0 aromatic heterocycles. The van der Waals surface area contributed by atoms with Crippen LogP contribution in [0.15, 0.2) is 22.6 Å². The third-order valence-corrected chi connectivity index (χ3v) is 5.49. The first-order chi connectivity index (χ1) is 6.84. The van der Waals surface area contributed by atoms with Gasteiger partial charge in [-0.05, 0) is 54.4 Å². The first-order valence-electron chi connectivity index (χ1n) is 5.91. The normalized spacial score (nSPS) is 41.1. The topological polar surface area (TPSA) is 0 Å². The maximum absolute atomic E-state index is 2.43. The maximum atomic E-state index is 2.43. The van der Waals surface area contributed by atoms with E-state index in [2.05, 4.69) is 30.8 Å². The van der Waals surface area contributed by atoms with Gasteiger partial charge in [0.15, 0.2) is 0 Å². The Kier molecular flexibility index (Phi) is 2.24. The number of thioether (sulfide) groups is 1. The molecule has 1 heteroatoms. The van der Waals surface area contributed by atoms with Crippen molar-refractivity contribution >= 4 is 11.8 Å². The molecule has 1 heterocycles. The second-order valence-corrected chi connectivity index (χ2v) is 6.33. The van der Waals surface area contributed by atoms with E-state index in [0.29, 0.717) is 0 Å². The Morgan fingerprint density at radius 3 is 3.21 bits per heavy atom. The molecule has 2 aliphatic carbocycles. The molecule has 0 radical (unpaired) electrons. The molecule has 0 aromatic carbocycles. The van der Waals surface area contributed by atoms with Gasteiger partial charge < -0.3 is 0 Å². The lowest BCUT2D eigenvalue weighted by Gasteiger charge is -2.30. The van der Waals surface area contributed by atoms with Gasteiger partial charge in [-0.2, -0.15) is 0 Å². The fraction of sp³-hybridized carbons (Fsp3) is 0.692. The zero-order chi connectivity index (χ0) is 9.54. The van der Waals surface area contributed by atoms with Crippen LogP contribution in [0.2, 0.25) is 0 Å². The summed E-state index contributed by atoms with van der Waals surface area (Å²) in [7, 11) is 0. The molecule has 0 bridgehead atoms. The van der Waals surface area contributed by atoms with E-state index in [9.17, 15) is 0 Å². The monoisotopic (exact) mass is 206 g/mol. The van der Waals surface area contributed by atoms with Crippen LogP contribution in [-0.4, -0.2) is 5.25 Å². The molecule has 0 saturated heterocycles. The summed E-state index contributed by atoms with van der Waals surface area (Å²) in [5, 5.41) is 0.943. The van der Waals surface area contributed by atoms with Crippen molar-refractivity contribution in [3.63, 3.8) is 0 Å². The summed E-state index contributed by atoms with van der Waals surface area (Å²) < 4.78 is 0. The second kappa shape index (κ2) is 3.44. The number of allylic oxidation sites excluding steroid dienone is 4. The van der Waals surface area contributed by atoms with Crippen molar-refractivity contribution in [1.29, 1.82) is 0 Å². The van der Waals surface area contributed by atoms with Crippen LogP contribution >= 0.6 is 11.8 Å². The van der Waals surface area contributed by atoms with Crippen LogP contribution in [0.25, 0.3) is 0 Å². The molecule has 1 fully saturated rings. The van der Waals surface area contributed by atoms with Crippen LogP contribution in [-0.2, 0) is 0 Å². The maximum Gasteiger partial charge on any atom is 0.0160 e. The number of hydrogen-bond acceptors (Lipinski definition) is 1. The molecule has 3 unspecified atom stereocenters. The molecule has 0 N–H and O–H groups in total. The van der Waals surface area contributed by atoms with Gasteiger partial charge in [0.2, 0.25) is 0 Å². The van der Waals surface area contributed by atoms with Gasteiger partial charge >= 0.3 is 0 Å². The lowest BCUT2D eigenvalue weighted by Crippen LogP contribution is -2.23. The lowest BCUT2D eigenvalue weighted by molar-refractivity contribution is 0.330. The van der Waals surface area contributed by atoms with E-state index in [0.717, 1.165) is 17.1 Å². The van der Waals surface area contributed by atoms with Crippen molar-refractivity contribution in [3.8, 4) is 0 Å². The smallest absolute Gasteiger partial charge is 0.0160 e. The van der Waals surface area contributed by atoms with E-state index >= 15 is 0 Å². The number of hydrogen-bond donors (Lipinski definition) is 0. The highest BCUT2D eigenvalue weighted by atomic mass is 32.2. The third kappa shape index (κ3) is 1.37. The molecule has 0 aromatic rings. The average molecular weight is 206 g/mol. The van der Waals surface area contributed by atoms with Gasteiger partial charge in [-0.15, -0.1) is 11.8 Å². The fourth-order valence-corrected chi connectivity index (χ4v) is 4.76. The molecule has 0 amide bonds. The molecule has 1 aliphatic heterocycles. The van der Waals surface area contributed by atoms with Crippen molar-refractivity contribution in [1.82, 2.24) is 0 Å². The number of fused-ring (bicyclic) bond motifs is 2. The van der Waals surface area contributed by atoms with Gasteiger partial charge in [-0.3, -0.25) is 0 Å². The molecular weight excluding hydrogens is 188 g/mol. The highest BCUT2D eigenvalue weighted by Crippen LogP contribution is 2.52. The number of rotatable bonds is 0. The van der Waals surface area contributed by atoms with E-state index < -0.39 is 0 Å². The third-order valence-electron chi connectivity index (χ3n) is 3.90. The van der Waals surface area contributed by atoms with E-state index in [4.69, 9.17) is 0 Å². The highest BCUT2D eigenvalue weighted by Gasteiger charge is 2.38. The fourth-order valence-electron chi connectivity index (χ4n) is 3.12. The Morgan fingerprint density at radius 1 is 1.36 bits per heavy atom. The van der Waals surface area contributed by atoms with Crippen molar-refractivity contribution < 1.29 is 0 Å². The van der Waals surface area contributed by atoms with Gasteiger partial charge in [-0.1, -0.05) is 19.1 Å². The van der Waals surface area contributed by atoms with Crippen LogP contribution in [0.4, 0.5) is 0 Å². The van der Waals surface area contributed by atoms with E-state index in [-0.39, 0.29) is 0 Å². The largest absolute Gasteiger partial charge is 0.126 e. The van der Waals surface area contributed by atoms with Crippen LogP contribution in [0, 0.1) is 11.8 Å². The summed E-state index contributed by atoms with van der Waals surface area (Å²) >= 11 is 2.21. The predicted molar refractivity (Wildman–Crippen MR) is 63.3 cm³/mol. The van der Waals surface area contributed by atoms with Crippen molar-refractivity contribution in [2.24, 2.45) is 11.8 Å². The minimum absolute atomic E-state index is 0.912. The van der Waals surface area contributed by atoms with Gasteiger partial charge in [0, 0.05) is 5.25 Å². The summed E-state index contributed by atoms with van der Waals surface area (Å²) in [6.07, 6.45) is 11.8. The highest BCUT2D eigenvalue weighted by molar-refractivity contribution is 8.04. The average Bonchev–Trinajstić information content (AvgIpc) is 2.56. The zero-order valence-electron chi connectivity index (χ0n) is 8.83. The Labute approximate surface area is 90.8 Å². The quantitative estimate of drug-likeness (QED) is 0.574. The molecule has 3 atom stereocenters. The van der Waals surface area contributed by atoms with E-state index in [1.54, 1.807) is 10.5 Å². The van der Waals surface area contributed by atoms with Crippen molar-refractivity contribution in [2.45, 2.75) is 44.3 Å². The van der Waals surface area contributed by atoms with E-state index in [1.807, 2.05) is 0 Å². The second-order valence-electron chi connectivity index (χ2n) is 5.00. The van der Waals surface area contributed by atoms with Crippen molar-refractivity contribution in [3.05, 3.63) is 22.6 Å². The summed E-state index contributed by atoms with van der Waals surface area (Å²) in [5.41, 5.74) is 1.72. The molecule has 1 saturated carbocycles. The Bertz CT molecular complexity index is 300. The standard InChI is InChI=1S/C13H18S/c1-9-6-7-13-11(8-9)10-4-2-3-5-12(10)14-13/h2,4,9,11,13H,3,5-8H2,1H3. The molecule has 3 aliphatic rings. The van der Waals surface area contributed by atoms with Gasteiger partial charge in [0.1, 0.15) is 0 Å². The molecular formula is C13H18S. The molecule has 14 heavy (non-hydrogen) atoms. The van der Waals surface area contributed by atoms with Gasteiger partial charge in [0.05, 0.1) is 0 Å². The van der Waals surface area contributed by atoms with Gasteiger partial charge in [0.25, 0.3) is 0 Å². The summed E-state index contributed by atoms with van der Waals surface area (Å²) in [6.45, 7) is 2.42. The van der Waals surface area contributed by atoms with E-state index in [1.165, 1.54) is 32.1 Å². The first kappa shape index (κ1) is 9.08. The molecule has 3 rings (SSSR count). The minimum Gasteiger partial charge on any atom is -0.126 e. The summed E-state index contributed by atoms with van der Waals surface area (Å²) in [4.78, 5) is 1.73. The lowest BCUT2D eigenvalue weighted by atomic mass is 9.77. The van der Waals surface area contributed by atoms with Gasteiger partial charge in [-0.25, -0.2) is 0 Å².